The van der Waals surface area contributed by atoms with Crippen LogP contribution in [0.5, 0.6) is 11.5 Å². The number of nitrogens with zero attached hydrogens (tertiary/aromatic N) is 2. The first kappa shape index (κ1) is 20.3. The first-order valence-electron chi connectivity index (χ1n) is 9.50. The molecule has 29 heavy (non-hydrogen) atoms. The molecule has 0 spiro atoms. The summed E-state index contributed by atoms with van der Waals surface area (Å²) in [4.78, 5) is 28.7. The Morgan fingerprint density at radius 1 is 0.724 bits per heavy atom. The number of hydrogen-bond acceptors (Lipinski definition) is 4. The Bertz CT molecular complexity index is 789. The second kappa shape index (κ2) is 9.68. The maximum atomic E-state index is 12.7. The first-order valence-corrected chi connectivity index (χ1v) is 9.50. The van der Waals surface area contributed by atoms with Crippen LogP contribution in [0.3, 0.4) is 0 Å². The smallest absolute Gasteiger partial charge is 0.322 e. The van der Waals surface area contributed by atoms with E-state index < -0.39 is 0 Å². The standard InChI is InChI=1S/C21H26N4O4/c1-28-18-10-5-3-8-16(18)22-20(26)24-12-7-13-25(15-14-24)21(27)23-17-9-4-6-11-19(17)29-2/h3-6,8-11H,7,12-15H2,1-2H3,(H,22,26)(H,23,27). The van der Waals surface area contributed by atoms with Gasteiger partial charge in [0.1, 0.15) is 11.5 Å². The molecule has 0 saturated carbocycles. The van der Waals surface area contributed by atoms with Gasteiger partial charge in [0.25, 0.3) is 0 Å². The minimum Gasteiger partial charge on any atom is -0.495 e. The van der Waals surface area contributed by atoms with Crippen LogP contribution in [0.4, 0.5) is 21.0 Å². The fourth-order valence-electron chi connectivity index (χ4n) is 3.21. The molecule has 0 aromatic heterocycles. The Hall–Kier alpha value is -3.42. The van der Waals surface area contributed by atoms with E-state index in [0.717, 1.165) is 0 Å². The molecule has 1 aliphatic heterocycles. The highest BCUT2D eigenvalue weighted by Crippen LogP contribution is 2.24. The predicted octanol–water partition coefficient (Wildman–Crippen LogP) is 3.48. The van der Waals surface area contributed by atoms with Gasteiger partial charge in [0.15, 0.2) is 0 Å². The highest BCUT2D eigenvalue weighted by molar-refractivity contribution is 5.92. The third-order valence-electron chi connectivity index (χ3n) is 4.77. The summed E-state index contributed by atoms with van der Waals surface area (Å²) in [6.45, 7) is 2.03. The lowest BCUT2D eigenvalue weighted by Crippen LogP contribution is -2.40. The number of carbonyl (C=O) groups excluding carboxylic acids is 2. The molecule has 2 N–H and O–H groups in total. The van der Waals surface area contributed by atoms with Crippen LogP contribution < -0.4 is 20.1 Å². The molecule has 8 nitrogen and oxygen atoms in total. The summed E-state index contributed by atoms with van der Waals surface area (Å²) >= 11 is 0. The largest absolute Gasteiger partial charge is 0.495 e. The Kier molecular flexibility index (Phi) is 6.78. The molecule has 0 atom stereocenters. The fraction of sp³-hybridized carbons (Fsp3) is 0.333. The minimum absolute atomic E-state index is 0.207. The van der Waals surface area contributed by atoms with Gasteiger partial charge < -0.3 is 29.9 Å². The number of rotatable bonds is 4. The summed E-state index contributed by atoms with van der Waals surface area (Å²) in [6.07, 6.45) is 0.693. The number of methoxy groups -OCH3 is 2. The zero-order valence-corrected chi connectivity index (χ0v) is 16.7. The van der Waals surface area contributed by atoms with E-state index in [1.165, 1.54) is 0 Å². The van der Waals surface area contributed by atoms with Gasteiger partial charge >= 0.3 is 12.1 Å². The second-order valence-electron chi connectivity index (χ2n) is 6.59. The number of benzene rings is 2. The molecule has 0 radical (unpaired) electrons. The summed E-state index contributed by atoms with van der Waals surface area (Å²) in [5.74, 6) is 1.21. The molecule has 0 aliphatic carbocycles. The number of para-hydroxylation sites is 4. The maximum absolute atomic E-state index is 12.7. The van der Waals surface area contributed by atoms with Gasteiger partial charge in [-0.15, -0.1) is 0 Å². The van der Waals surface area contributed by atoms with Crippen LogP contribution in [-0.4, -0.2) is 62.3 Å². The van der Waals surface area contributed by atoms with Crippen molar-refractivity contribution in [2.75, 3.05) is 51.0 Å². The van der Waals surface area contributed by atoms with E-state index in [0.29, 0.717) is 55.5 Å². The molecule has 4 amide bonds. The summed E-state index contributed by atoms with van der Waals surface area (Å²) in [5.41, 5.74) is 1.24. The fourth-order valence-corrected chi connectivity index (χ4v) is 3.21. The van der Waals surface area contributed by atoms with Crippen LogP contribution in [0, 0.1) is 0 Å². The normalized spacial score (nSPS) is 14.0. The average molecular weight is 398 g/mol. The van der Waals surface area contributed by atoms with Crippen molar-refractivity contribution < 1.29 is 19.1 Å². The van der Waals surface area contributed by atoms with E-state index in [9.17, 15) is 9.59 Å². The number of amides is 4. The quantitative estimate of drug-likeness (QED) is 0.826. The van der Waals surface area contributed by atoms with Crippen molar-refractivity contribution in [3.8, 4) is 11.5 Å². The lowest BCUT2D eigenvalue weighted by atomic mass is 10.3. The zero-order chi connectivity index (χ0) is 20.6. The van der Waals surface area contributed by atoms with Crippen LogP contribution >= 0.6 is 0 Å². The number of nitrogens with one attached hydrogen (secondary N) is 2. The van der Waals surface area contributed by atoms with Gasteiger partial charge in [0.05, 0.1) is 25.6 Å². The monoisotopic (exact) mass is 398 g/mol. The molecular formula is C21H26N4O4. The van der Waals surface area contributed by atoms with Gasteiger partial charge in [-0.25, -0.2) is 9.59 Å². The molecule has 0 bridgehead atoms. The van der Waals surface area contributed by atoms with Crippen LogP contribution in [0.15, 0.2) is 48.5 Å². The van der Waals surface area contributed by atoms with Crippen LogP contribution in [0.1, 0.15) is 6.42 Å². The van der Waals surface area contributed by atoms with Crippen LogP contribution in [0.25, 0.3) is 0 Å². The van der Waals surface area contributed by atoms with Crippen molar-refractivity contribution in [2.24, 2.45) is 0 Å². The van der Waals surface area contributed by atoms with Crippen LogP contribution in [-0.2, 0) is 0 Å². The number of hydrogen-bond donors (Lipinski definition) is 2. The van der Waals surface area contributed by atoms with Crippen molar-refractivity contribution in [1.82, 2.24) is 9.80 Å². The second-order valence-corrected chi connectivity index (χ2v) is 6.59. The summed E-state index contributed by atoms with van der Waals surface area (Å²) in [7, 11) is 3.13. The van der Waals surface area contributed by atoms with Gasteiger partial charge in [0.2, 0.25) is 0 Å². The van der Waals surface area contributed by atoms with E-state index in [-0.39, 0.29) is 12.1 Å². The third-order valence-corrected chi connectivity index (χ3v) is 4.77. The van der Waals surface area contributed by atoms with Crippen molar-refractivity contribution in [3.63, 3.8) is 0 Å². The molecule has 1 fully saturated rings. The molecular weight excluding hydrogens is 372 g/mol. The van der Waals surface area contributed by atoms with Crippen molar-refractivity contribution >= 4 is 23.4 Å². The molecule has 1 aliphatic rings. The van der Waals surface area contributed by atoms with E-state index >= 15 is 0 Å². The van der Waals surface area contributed by atoms with Gasteiger partial charge in [-0.05, 0) is 30.7 Å². The Morgan fingerprint density at radius 2 is 1.14 bits per heavy atom. The summed E-state index contributed by atoms with van der Waals surface area (Å²) in [5, 5.41) is 5.77. The Labute approximate surface area is 170 Å². The molecule has 154 valence electrons. The summed E-state index contributed by atoms with van der Waals surface area (Å²) < 4.78 is 10.6. The number of ether oxygens (including phenoxy) is 2. The predicted molar refractivity (Wildman–Crippen MR) is 112 cm³/mol. The van der Waals surface area contributed by atoms with Crippen molar-refractivity contribution in [3.05, 3.63) is 48.5 Å². The molecule has 2 aromatic rings. The third kappa shape index (κ3) is 5.10. The Balaban J connectivity index is 1.58. The average Bonchev–Trinajstić information content (AvgIpc) is 3.01. The zero-order valence-electron chi connectivity index (χ0n) is 16.7. The van der Waals surface area contributed by atoms with E-state index in [1.54, 1.807) is 48.3 Å². The van der Waals surface area contributed by atoms with E-state index in [1.807, 2.05) is 24.3 Å². The molecule has 1 heterocycles. The molecule has 3 rings (SSSR count). The van der Waals surface area contributed by atoms with Gasteiger partial charge in [-0.2, -0.15) is 0 Å². The summed E-state index contributed by atoms with van der Waals surface area (Å²) in [6, 6.07) is 14.1. The molecule has 1 saturated heterocycles. The Morgan fingerprint density at radius 3 is 1.55 bits per heavy atom. The number of anilines is 2. The first-order chi connectivity index (χ1) is 14.1. The van der Waals surface area contributed by atoms with Gasteiger partial charge in [-0.3, -0.25) is 0 Å². The van der Waals surface area contributed by atoms with Gasteiger partial charge in [-0.1, -0.05) is 24.3 Å². The molecule has 8 heteroatoms. The lowest BCUT2D eigenvalue weighted by Gasteiger charge is -2.23. The SMILES string of the molecule is COc1ccccc1NC(=O)N1CCCN(C(=O)Nc2ccccc2OC)CC1. The van der Waals surface area contributed by atoms with Crippen LogP contribution in [0.2, 0.25) is 0 Å². The van der Waals surface area contributed by atoms with E-state index in [2.05, 4.69) is 10.6 Å². The molecule has 2 aromatic carbocycles. The van der Waals surface area contributed by atoms with E-state index in [4.69, 9.17) is 9.47 Å². The minimum atomic E-state index is -0.207. The topological polar surface area (TPSA) is 83.1 Å². The highest BCUT2D eigenvalue weighted by atomic mass is 16.5. The number of urea groups is 2. The van der Waals surface area contributed by atoms with Crippen molar-refractivity contribution in [2.45, 2.75) is 6.42 Å². The maximum Gasteiger partial charge on any atom is 0.322 e. The number of carbonyl (C=O) groups is 2. The van der Waals surface area contributed by atoms with Crippen molar-refractivity contribution in [1.29, 1.82) is 0 Å². The lowest BCUT2D eigenvalue weighted by molar-refractivity contribution is 0.205. The molecule has 0 unspecified atom stereocenters. The highest BCUT2D eigenvalue weighted by Gasteiger charge is 2.23. The van der Waals surface area contributed by atoms with Gasteiger partial charge in [0, 0.05) is 26.2 Å².